The van der Waals surface area contributed by atoms with Crippen molar-refractivity contribution in [1.82, 2.24) is 4.90 Å². The molecule has 0 atom stereocenters. The molecule has 6 heteroatoms. The fourth-order valence-electron chi connectivity index (χ4n) is 2.57. The lowest BCUT2D eigenvalue weighted by molar-refractivity contribution is -0.122. The zero-order chi connectivity index (χ0) is 18.7. The topological polar surface area (TPSA) is 41.9 Å². The molecule has 1 saturated heterocycles. The molecule has 2 aromatic carbocycles. The van der Waals surface area contributed by atoms with Gasteiger partial charge in [-0.15, -0.1) is 0 Å². The van der Waals surface area contributed by atoms with E-state index >= 15 is 0 Å². The molecule has 1 heterocycles. The number of nitrogens with zero attached hydrogens (tertiary/aromatic N) is 2. The van der Waals surface area contributed by atoms with Crippen LogP contribution in [0.3, 0.4) is 0 Å². The summed E-state index contributed by atoms with van der Waals surface area (Å²) in [6, 6.07) is 13.1. The van der Waals surface area contributed by atoms with E-state index in [0.29, 0.717) is 21.6 Å². The van der Waals surface area contributed by atoms with Crippen LogP contribution in [0.2, 0.25) is 5.02 Å². The van der Waals surface area contributed by atoms with Crippen molar-refractivity contribution in [1.29, 1.82) is 0 Å². The van der Waals surface area contributed by atoms with E-state index in [-0.39, 0.29) is 5.91 Å². The number of rotatable bonds is 4. The van der Waals surface area contributed by atoms with Crippen molar-refractivity contribution in [2.75, 3.05) is 13.7 Å². The molecule has 1 aliphatic rings. The molecule has 1 fully saturated rings. The largest absolute Gasteiger partial charge is 0.497 e. The molecular formula is C20H19ClN2O2S. The smallest absolute Gasteiger partial charge is 0.266 e. The van der Waals surface area contributed by atoms with E-state index in [4.69, 9.17) is 16.3 Å². The Morgan fingerprint density at radius 2 is 1.96 bits per heavy atom. The SMILES string of the molecule is CCN1C(=O)/C(=C\c2ccc(OC)cc2C)SC1=Nc1ccc(Cl)cc1. The number of methoxy groups -OCH3 is 1. The lowest BCUT2D eigenvalue weighted by atomic mass is 10.1. The Morgan fingerprint density at radius 1 is 1.23 bits per heavy atom. The van der Waals surface area contributed by atoms with Crippen LogP contribution in [-0.4, -0.2) is 29.6 Å². The number of aliphatic imine (C=N–C) groups is 1. The first-order valence-corrected chi connectivity index (χ1v) is 9.41. The number of hydrogen-bond donors (Lipinski definition) is 0. The van der Waals surface area contributed by atoms with Gasteiger partial charge >= 0.3 is 0 Å². The summed E-state index contributed by atoms with van der Waals surface area (Å²) in [5.41, 5.74) is 2.81. The number of aryl methyl sites for hydroxylation is 1. The molecule has 0 N–H and O–H groups in total. The van der Waals surface area contributed by atoms with Crippen molar-refractivity contribution in [3.8, 4) is 5.75 Å². The van der Waals surface area contributed by atoms with Crippen molar-refractivity contribution in [2.45, 2.75) is 13.8 Å². The maximum absolute atomic E-state index is 12.7. The van der Waals surface area contributed by atoms with Gasteiger partial charge in [0.1, 0.15) is 5.75 Å². The van der Waals surface area contributed by atoms with Gasteiger partial charge in [0.15, 0.2) is 5.17 Å². The Morgan fingerprint density at radius 3 is 2.58 bits per heavy atom. The summed E-state index contributed by atoms with van der Waals surface area (Å²) >= 11 is 7.31. The second-order valence-corrected chi connectivity index (χ2v) is 7.20. The molecule has 0 saturated carbocycles. The maximum Gasteiger partial charge on any atom is 0.266 e. The van der Waals surface area contributed by atoms with E-state index in [0.717, 1.165) is 22.6 Å². The van der Waals surface area contributed by atoms with Crippen molar-refractivity contribution in [3.63, 3.8) is 0 Å². The number of ether oxygens (including phenoxy) is 1. The van der Waals surface area contributed by atoms with Crippen LogP contribution >= 0.6 is 23.4 Å². The predicted molar refractivity (Wildman–Crippen MR) is 109 cm³/mol. The summed E-state index contributed by atoms with van der Waals surface area (Å²) in [6.07, 6.45) is 1.91. The average Bonchev–Trinajstić information content (AvgIpc) is 2.93. The lowest BCUT2D eigenvalue weighted by Gasteiger charge is -2.12. The van der Waals surface area contributed by atoms with Crippen LogP contribution < -0.4 is 4.74 Å². The van der Waals surface area contributed by atoms with E-state index in [1.807, 2.05) is 50.3 Å². The number of carbonyl (C=O) groups excluding carboxylic acids is 1. The van der Waals surface area contributed by atoms with Gasteiger partial charge in [0.2, 0.25) is 0 Å². The fraction of sp³-hybridized carbons (Fsp3) is 0.200. The van der Waals surface area contributed by atoms with Gasteiger partial charge in [-0.1, -0.05) is 17.7 Å². The van der Waals surface area contributed by atoms with Crippen molar-refractivity contribution in [3.05, 3.63) is 63.5 Å². The minimum atomic E-state index is -0.0274. The van der Waals surface area contributed by atoms with Crippen LogP contribution in [-0.2, 0) is 4.79 Å². The minimum Gasteiger partial charge on any atom is -0.497 e. The van der Waals surface area contributed by atoms with E-state index in [9.17, 15) is 4.79 Å². The Balaban J connectivity index is 1.92. The quantitative estimate of drug-likeness (QED) is 0.671. The van der Waals surface area contributed by atoms with Crippen molar-refractivity contribution < 1.29 is 9.53 Å². The number of carbonyl (C=O) groups is 1. The molecule has 3 rings (SSSR count). The third-order valence-corrected chi connectivity index (χ3v) is 5.28. The second kappa shape index (κ2) is 7.98. The normalized spacial score (nSPS) is 17.4. The first kappa shape index (κ1) is 18.5. The molecule has 1 aliphatic heterocycles. The van der Waals surface area contributed by atoms with E-state index < -0.39 is 0 Å². The lowest BCUT2D eigenvalue weighted by Crippen LogP contribution is -2.28. The number of amidine groups is 1. The fourth-order valence-corrected chi connectivity index (χ4v) is 3.75. The summed E-state index contributed by atoms with van der Waals surface area (Å²) in [5.74, 6) is 0.774. The van der Waals surface area contributed by atoms with Crippen LogP contribution in [0.4, 0.5) is 5.69 Å². The van der Waals surface area contributed by atoms with Crippen LogP contribution in [0.15, 0.2) is 52.4 Å². The summed E-state index contributed by atoms with van der Waals surface area (Å²) in [5, 5.41) is 1.34. The predicted octanol–water partition coefficient (Wildman–Crippen LogP) is 5.28. The van der Waals surface area contributed by atoms with E-state index in [1.54, 1.807) is 24.1 Å². The van der Waals surface area contributed by atoms with Gasteiger partial charge in [-0.25, -0.2) is 4.99 Å². The van der Waals surface area contributed by atoms with Crippen LogP contribution in [0, 0.1) is 6.92 Å². The monoisotopic (exact) mass is 386 g/mol. The third kappa shape index (κ3) is 3.94. The molecule has 26 heavy (non-hydrogen) atoms. The summed E-state index contributed by atoms with van der Waals surface area (Å²) in [7, 11) is 1.64. The number of likely N-dealkylation sites (N-methyl/N-ethyl adjacent to an activating group) is 1. The van der Waals surface area contributed by atoms with Crippen LogP contribution in [0.25, 0.3) is 6.08 Å². The zero-order valence-electron chi connectivity index (χ0n) is 14.8. The Bertz CT molecular complexity index is 891. The molecule has 0 aromatic heterocycles. The first-order valence-electron chi connectivity index (χ1n) is 8.22. The number of thioether (sulfide) groups is 1. The number of benzene rings is 2. The molecule has 0 bridgehead atoms. The van der Waals surface area contributed by atoms with E-state index in [1.165, 1.54) is 11.8 Å². The highest BCUT2D eigenvalue weighted by atomic mass is 35.5. The van der Waals surface area contributed by atoms with Gasteiger partial charge in [0.25, 0.3) is 5.91 Å². The molecule has 0 unspecified atom stereocenters. The third-order valence-electron chi connectivity index (χ3n) is 4.02. The highest BCUT2D eigenvalue weighted by molar-refractivity contribution is 8.18. The first-order chi connectivity index (χ1) is 12.5. The van der Waals surface area contributed by atoms with Crippen molar-refractivity contribution >= 4 is 46.2 Å². The number of halogens is 1. The number of amides is 1. The van der Waals surface area contributed by atoms with Gasteiger partial charge in [0, 0.05) is 11.6 Å². The van der Waals surface area contributed by atoms with Gasteiger partial charge in [-0.05, 0) is 79.2 Å². The molecule has 0 aliphatic carbocycles. The van der Waals surface area contributed by atoms with Gasteiger partial charge in [-0.2, -0.15) is 0 Å². The van der Waals surface area contributed by atoms with Gasteiger partial charge in [0.05, 0.1) is 17.7 Å². The van der Waals surface area contributed by atoms with Crippen LogP contribution in [0.1, 0.15) is 18.1 Å². The van der Waals surface area contributed by atoms with Gasteiger partial charge in [-0.3, -0.25) is 9.69 Å². The second-order valence-electron chi connectivity index (χ2n) is 5.75. The Labute approximate surface area is 162 Å². The molecular weight excluding hydrogens is 368 g/mol. The van der Waals surface area contributed by atoms with Crippen molar-refractivity contribution in [2.24, 2.45) is 4.99 Å². The molecule has 2 aromatic rings. The van der Waals surface area contributed by atoms with Gasteiger partial charge < -0.3 is 4.74 Å². The Kier molecular flexibility index (Phi) is 5.69. The van der Waals surface area contributed by atoms with E-state index in [2.05, 4.69) is 4.99 Å². The molecule has 1 amide bonds. The zero-order valence-corrected chi connectivity index (χ0v) is 16.4. The highest BCUT2D eigenvalue weighted by Crippen LogP contribution is 2.34. The standard InChI is InChI=1S/C20H19ClN2O2S/c1-4-23-19(24)18(12-14-5-10-17(25-3)11-13(14)2)26-20(23)22-16-8-6-15(21)7-9-16/h5-12H,4H2,1-3H3/b18-12+,22-20?. The minimum absolute atomic E-state index is 0.0274. The molecule has 4 nitrogen and oxygen atoms in total. The summed E-state index contributed by atoms with van der Waals surface area (Å²) in [4.78, 5) is 19.7. The molecule has 0 spiro atoms. The summed E-state index contributed by atoms with van der Waals surface area (Å²) in [6.45, 7) is 4.51. The Hall–Kier alpha value is -2.24. The van der Waals surface area contributed by atoms with Crippen LogP contribution in [0.5, 0.6) is 5.75 Å². The molecule has 0 radical (unpaired) electrons. The summed E-state index contributed by atoms with van der Waals surface area (Å²) < 4.78 is 5.24. The average molecular weight is 387 g/mol. The highest BCUT2D eigenvalue weighted by Gasteiger charge is 2.32. The molecule has 134 valence electrons. The number of hydrogen-bond acceptors (Lipinski definition) is 4. The maximum atomic E-state index is 12.7.